The molecule has 0 saturated heterocycles. The number of aromatic nitrogens is 1. The Kier molecular flexibility index (Phi) is 3.66. The number of alkyl halides is 1. The zero-order valence-electron chi connectivity index (χ0n) is 7.55. The molecule has 1 aromatic heterocycles. The Bertz CT molecular complexity index is 291. The summed E-state index contributed by atoms with van der Waals surface area (Å²) in [4.78, 5) is 3.67. The van der Waals surface area contributed by atoms with E-state index in [1.165, 1.54) is 6.07 Å². The maximum Gasteiger partial charge on any atom is 0.216 e. The summed E-state index contributed by atoms with van der Waals surface area (Å²) in [5, 5.41) is 0.527. The number of pyridine rings is 1. The second kappa shape index (κ2) is 4.56. The van der Waals surface area contributed by atoms with Crippen molar-refractivity contribution in [2.24, 2.45) is 0 Å². The third-order valence-corrected chi connectivity index (χ3v) is 1.90. The van der Waals surface area contributed by atoms with E-state index in [9.17, 15) is 4.39 Å². The molecule has 0 spiro atoms. The van der Waals surface area contributed by atoms with Gasteiger partial charge in [0.25, 0.3) is 0 Å². The van der Waals surface area contributed by atoms with Crippen molar-refractivity contribution >= 4 is 15.9 Å². The number of hydrogen-bond donors (Lipinski definition) is 0. The van der Waals surface area contributed by atoms with Crippen LogP contribution in [-0.4, -0.2) is 11.1 Å². The molecule has 0 N–H and O–H groups in total. The van der Waals surface area contributed by atoms with Gasteiger partial charge in [-0.2, -0.15) is 4.39 Å². The van der Waals surface area contributed by atoms with E-state index in [4.69, 9.17) is 4.74 Å². The SMILES string of the molecule is CC(C)Oc1cc(F)nc(CBr)c1. The van der Waals surface area contributed by atoms with E-state index in [1.54, 1.807) is 6.07 Å². The highest BCUT2D eigenvalue weighted by Crippen LogP contribution is 2.16. The van der Waals surface area contributed by atoms with Crippen LogP contribution in [0, 0.1) is 5.95 Å². The first-order chi connectivity index (χ1) is 6.11. The quantitative estimate of drug-likeness (QED) is 0.606. The molecule has 2 nitrogen and oxygen atoms in total. The fourth-order valence-electron chi connectivity index (χ4n) is 0.934. The summed E-state index contributed by atoms with van der Waals surface area (Å²) in [5.74, 6) is 0.0181. The molecule has 1 rings (SSSR count). The normalized spacial score (nSPS) is 10.5. The van der Waals surface area contributed by atoms with Crippen molar-refractivity contribution in [2.45, 2.75) is 25.3 Å². The van der Waals surface area contributed by atoms with Crippen molar-refractivity contribution in [3.8, 4) is 5.75 Å². The molecule has 72 valence electrons. The second-order valence-electron chi connectivity index (χ2n) is 2.92. The molecule has 13 heavy (non-hydrogen) atoms. The van der Waals surface area contributed by atoms with Gasteiger partial charge < -0.3 is 4.74 Å². The number of rotatable bonds is 3. The molecule has 0 bridgehead atoms. The molecule has 0 aliphatic heterocycles. The Labute approximate surface area is 85.3 Å². The van der Waals surface area contributed by atoms with Gasteiger partial charge in [-0.05, 0) is 13.8 Å². The molecule has 0 amide bonds. The van der Waals surface area contributed by atoms with Gasteiger partial charge in [0.1, 0.15) is 5.75 Å². The summed E-state index contributed by atoms with van der Waals surface area (Å²) >= 11 is 3.21. The Morgan fingerprint density at radius 3 is 2.77 bits per heavy atom. The summed E-state index contributed by atoms with van der Waals surface area (Å²) in [7, 11) is 0. The Balaban J connectivity index is 2.88. The third-order valence-electron chi connectivity index (χ3n) is 1.33. The monoisotopic (exact) mass is 247 g/mol. The summed E-state index contributed by atoms with van der Waals surface area (Å²) in [5.41, 5.74) is 0.635. The molecule has 0 aliphatic carbocycles. The highest BCUT2D eigenvalue weighted by Gasteiger charge is 2.03. The van der Waals surface area contributed by atoms with E-state index in [-0.39, 0.29) is 6.10 Å². The number of nitrogens with zero attached hydrogens (tertiary/aromatic N) is 1. The molecule has 1 heterocycles. The van der Waals surface area contributed by atoms with E-state index in [0.717, 1.165) is 0 Å². The third kappa shape index (κ3) is 3.30. The van der Waals surface area contributed by atoms with Crippen LogP contribution in [0.5, 0.6) is 5.75 Å². The maximum absolute atomic E-state index is 12.9. The van der Waals surface area contributed by atoms with E-state index >= 15 is 0 Å². The molecular weight excluding hydrogens is 237 g/mol. The minimum atomic E-state index is -0.507. The molecule has 0 aromatic carbocycles. The van der Waals surface area contributed by atoms with Gasteiger partial charge in [-0.1, -0.05) is 15.9 Å². The van der Waals surface area contributed by atoms with Crippen LogP contribution in [0.4, 0.5) is 4.39 Å². The van der Waals surface area contributed by atoms with Gasteiger partial charge in [0, 0.05) is 17.5 Å². The molecule has 0 aliphatic rings. The molecule has 0 fully saturated rings. The predicted octanol–water partition coefficient (Wildman–Crippen LogP) is 2.90. The van der Waals surface area contributed by atoms with Gasteiger partial charge in [-0.15, -0.1) is 0 Å². The Hall–Kier alpha value is -0.640. The van der Waals surface area contributed by atoms with Crippen LogP contribution in [0.3, 0.4) is 0 Å². The minimum Gasteiger partial charge on any atom is -0.491 e. The topological polar surface area (TPSA) is 22.1 Å². The minimum absolute atomic E-state index is 0.0463. The molecular formula is C9H11BrFNO. The van der Waals surface area contributed by atoms with Crippen molar-refractivity contribution in [3.63, 3.8) is 0 Å². The standard InChI is InChI=1S/C9H11BrFNO/c1-6(2)13-8-3-7(5-10)12-9(11)4-8/h3-4,6H,5H2,1-2H3. The lowest BCUT2D eigenvalue weighted by atomic mass is 10.3. The van der Waals surface area contributed by atoms with E-state index in [0.29, 0.717) is 16.8 Å². The van der Waals surface area contributed by atoms with Crippen LogP contribution < -0.4 is 4.74 Å². The lowest BCUT2D eigenvalue weighted by Gasteiger charge is -2.09. The van der Waals surface area contributed by atoms with Crippen molar-refractivity contribution in [1.82, 2.24) is 4.98 Å². The van der Waals surface area contributed by atoms with E-state index in [1.807, 2.05) is 13.8 Å². The summed E-state index contributed by atoms with van der Waals surface area (Å²) in [6.07, 6.45) is 0.0463. The van der Waals surface area contributed by atoms with Crippen molar-refractivity contribution in [1.29, 1.82) is 0 Å². The Morgan fingerprint density at radius 2 is 2.23 bits per heavy atom. The largest absolute Gasteiger partial charge is 0.491 e. The van der Waals surface area contributed by atoms with E-state index < -0.39 is 5.95 Å². The van der Waals surface area contributed by atoms with Gasteiger partial charge in [0.15, 0.2) is 0 Å². The number of hydrogen-bond acceptors (Lipinski definition) is 2. The van der Waals surface area contributed by atoms with Crippen molar-refractivity contribution in [3.05, 3.63) is 23.8 Å². The molecule has 4 heteroatoms. The average molecular weight is 248 g/mol. The zero-order valence-corrected chi connectivity index (χ0v) is 9.14. The maximum atomic E-state index is 12.9. The first-order valence-corrected chi connectivity index (χ1v) is 5.13. The van der Waals surface area contributed by atoms with Gasteiger partial charge in [-0.3, -0.25) is 0 Å². The summed E-state index contributed by atoms with van der Waals surface area (Å²) in [6.45, 7) is 3.79. The predicted molar refractivity (Wildman–Crippen MR) is 52.6 cm³/mol. The highest BCUT2D eigenvalue weighted by molar-refractivity contribution is 9.08. The molecule has 0 saturated carbocycles. The fraction of sp³-hybridized carbons (Fsp3) is 0.444. The molecule has 0 unspecified atom stereocenters. The average Bonchev–Trinajstić information content (AvgIpc) is 2.01. The van der Waals surface area contributed by atoms with Crippen LogP contribution in [0.1, 0.15) is 19.5 Å². The lowest BCUT2D eigenvalue weighted by molar-refractivity contribution is 0.240. The van der Waals surface area contributed by atoms with Crippen LogP contribution in [0.15, 0.2) is 12.1 Å². The molecule has 0 atom stereocenters. The van der Waals surface area contributed by atoms with Crippen LogP contribution in [0.25, 0.3) is 0 Å². The van der Waals surface area contributed by atoms with Crippen LogP contribution >= 0.6 is 15.9 Å². The fourth-order valence-corrected chi connectivity index (χ4v) is 1.22. The van der Waals surface area contributed by atoms with Crippen LogP contribution in [-0.2, 0) is 5.33 Å². The van der Waals surface area contributed by atoms with Gasteiger partial charge in [0.2, 0.25) is 5.95 Å². The highest BCUT2D eigenvalue weighted by atomic mass is 79.9. The summed E-state index contributed by atoms with van der Waals surface area (Å²) < 4.78 is 18.2. The smallest absolute Gasteiger partial charge is 0.216 e. The molecule has 1 aromatic rings. The van der Waals surface area contributed by atoms with Gasteiger partial charge in [-0.25, -0.2) is 4.98 Å². The molecule has 0 radical (unpaired) electrons. The van der Waals surface area contributed by atoms with Crippen molar-refractivity contribution in [2.75, 3.05) is 0 Å². The van der Waals surface area contributed by atoms with Crippen LogP contribution in [0.2, 0.25) is 0 Å². The zero-order chi connectivity index (χ0) is 9.84. The van der Waals surface area contributed by atoms with Crippen molar-refractivity contribution < 1.29 is 9.13 Å². The Morgan fingerprint density at radius 1 is 1.54 bits per heavy atom. The summed E-state index contributed by atoms with van der Waals surface area (Å²) in [6, 6.07) is 3.00. The van der Waals surface area contributed by atoms with E-state index in [2.05, 4.69) is 20.9 Å². The first kappa shape index (κ1) is 10.4. The second-order valence-corrected chi connectivity index (χ2v) is 3.48. The van der Waals surface area contributed by atoms with Gasteiger partial charge >= 0.3 is 0 Å². The first-order valence-electron chi connectivity index (χ1n) is 4.01. The number of halogens is 2. The number of ether oxygens (including phenoxy) is 1. The van der Waals surface area contributed by atoms with Gasteiger partial charge in [0.05, 0.1) is 11.8 Å². The lowest BCUT2D eigenvalue weighted by Crippen LogP contribution is -2.06.